The summed E-state index contributed by atoms with van der Waals surface area (Å²) in [5.74, 6) is 1.73. The summed E-state index contributed by atoms with van der Waals surface area (Å²) in [4.78, 5) is 4.28. The Kier molecular flexibility index (Phi) is 3.14. The van der Waals surface area contributed by atoms with Gasteiger partial charge in [-0.05, 0) is 47.2 Å². The van der Waals surface area contributed by atoms with Crippen molar-refractivity contribution in [3.8, 4) is 0 Å². The molecule has 1 saturated carbocycles. The molecule has 15 heavy (non-hydrogen) atoms. The summed E-state index contributed by atoms with van der Waals surface area (Å²) in [5.41, 5.74) is 6.32. The maximum Gasteiger partial charge on any atom is 0.140 e. The number of nitrogens with zero attached hydrogens (tertiary/aromatic N) is 1. The van der Waals surface area contributed by atoms with Crippen LogP contribution in [0.15, 0.2) is 16.7 Å². The van der Waals surface area contributed by atoms with Gasteiger partial charge >= 0.3 is 0 Å². The molecule has 0 spiro atoms. The van der Waals surface area contributed by atoms with Gasteiger partial charge in [-0.1, -0.05) is 6.92 Å². The smallest absolute Gasteiger partial charge is 0.140 e. The van der Waals surface area contributed by atoms with Crippen LogP contribution in [-0.2, 0) is 0 Å². The second-order valence-corrected chi connectivity index (χ2v) is 5.21. The van der Waals surface area contributed by atoms with E-state index in [0.717, 1.165) is 16.2 Å². The molecule has 1 aromatic heterocycles. The Morgan fingerprint density at radius 3 is 2.93 bits per heavy atom. The molecule has 0 bridgehead atoms. The van der Waals surface area contributed by atoms with Crippen LogP contribution in [0.25, 0.3) is 0 Å². The van der Waals surface area contributed by atoms with Crippen LogP contribution >= 0.6 is 15.9 Å². The third kappa shape index (κ3) is 2.62. The van der Waals surface area contributed by atoms with Crippen molar-refractivity contribution in [3.05, 3.63) is 16.7 Å². The van der Waals surface area contributed by atoms with Crippen molar-refractivity contribution >= 4 is 27.4 Å². The summed E-state index contributed by atoms with van der Waals surface area (Å²) in [6.07, 6.45) is 5.47. The van der Waals surface area contributed by atoms with E-state index in [1.165, 1.54) is 19.3 Å². The summed E-state index contributed by atoms with van der Waals surface area (Å²) in [6, 6.07) is 2.45. The summed E-state index contributed by atoms with van der Waals surface area (Å²) in [5, 5.41) is 3.45. The normalized spacial score (nSPS) is 25.5. The van der Waals surface area contributed by atoms with Crippen molar-refractivity contribution in [2.45, 2.75) is 32.2 Å². The predicted octanol–water partition coefficient (Wildman–Crippen LogP) is 3.03. The fourth-order valence-corrected chi connectivity index (χ4v) is 2.57. The number of nitrogens with two attached hydrogens (primary N) is 1. The van der Waals surface area contributed by atoms with Gasteiger partial charge in [0.2, 0.25) is 0 Å². The number of nitrogen functional groups attached to an aromatic ring is 1. The van der Waals surface area contributed by atoms with E-state index in [-0.39, 0.29) is 0 Å². The Balaban J connectivity index is 2.04. The van der Waals surface area contributed by atoms with Crippen molar-refractivity contribution in [2.24, 2.45) is 5.92 Å². The van der Waals surface area contributed by atoms with E-state index in [2.05, 4.69) is 33.2 Å². The third-order valence-corrected chi connectivity index (χ3v) is 3.50. The number of aromatic nitrogens is 1. The summed E-state index contributed by atoms with van der Waals surface area (Å²) >= 11 is 3.46. The van der Waals surface area contributed by atoms with Crippen LogP contribution in [0.5, 0.6) is 0 Å². The number of rotatable bonds is 2. The van der Waals surface area contributed by atoms with Crippen molar-refractivity contribution < 1.29 is 0 Å². The van der Waals surface area contributed by atoms with Crippen LogP contribution < -0.4 is 11.1 Å². The van der Waals surface area contributed by atoms with Gasteiger partial charge in [0.05, 0.1) is 16.4 Å². The molecule has 1 fully saturated rings. The molecule has 0 aromatic carbocycles. The Morgan fingerprint density at radius 2 is 2.33 bits per heavy atom. The molecule has 1 aliphatic rings. The van der Waals surface area contributed by atoms with Gasteiger partial charge in [-0.15, -0.1) is 0 Å². The zero-order valence-electron chi connectivity index (χ0n) is 8.83. The van der Waals surface area contributed by atoms with Gasteiger partial charge in [-0.2, -0.15) is 0 Å². The summed E-state index contributed by atoms with van der Waals surface area (Å²) in [6.45, 7) is 2.30. The van der Waals surface area contributed by atoms with E-state index in [4.69, 9.17) is 5.73 Å². The summed E-state index contributed by atoms with van der Waals surface area (Å²) < 4.78 is 0.946. The molecule has 0 saturated heterocycles. The fraction of sp³-hybridized carbons (Fsp3) is 0.545. The zero-order chi connectivity index (χ0) is 10.8. The molecule has 82 valence electrons. The predicted molar refractivity (Wildman–Crippen MR) is 66.8 cm³/mol. The number of pyridine rings is 1. The van der Waals surface area contributed by atoms with E-state index >= 15 is 0 Å². The molecule has 0 aliphatic heterocycles. The van der Waals surface area contributed by atoms with Crippen LogP contribution in [0.4, 0.5) is 11.5 Å². The van der Waals surface area contributed by atoms with Gasteiger partial charge in [0.15, 0.2) is 0 Å². The highest BCUT2D eigenvalue weighted by Crippen LogP contribution is 2.29. The molecule has 2 atom stereocenters. The maximum atomic E-state index is 5.64. The quantitative estimate of drug-likeness (QED) is 0.868. The standard InChI is InChI=1S/C11H16BrN3/c1-7-2-3-9(4-7)15-11-10(12)5-8(13)6-14-11/h5-7,9H,2-4,13H2,1H3,(H,14,15). The average molecular weight is 270 g/mol. The van der Waals surface area contributed by atoms with Crippen LogP contribution in [0.2, 0.25) is 0 Å². The average Bonchev–Trinajstić information content (AvgIpc) is 2.56. The molecular weight excluding hydrogens is 254 g/mol. The highest BCUT2D eigenvalue weighted by atomic mass is 79.9. The Bertz CT molecular complexity index is 354. The van der Waals surface area contributed by atoms with Gasteiger partial charge in [-0.3, -0.25) is 0 Å². The van der Waals surface area contributed by atoms with Crippen molar-refractivity contribution in [2.75, 3.05) is 11.1 Å². The van der Waals surface area contributed by atoms with Crippen LogP contribution in [0.1, 0.15) is 26.2 Å². The Labute approximate surface area is 98.6 Å². The minimum atomic E-state index is 0.562. The lowest BCUT2D eigenvalue weighted by atomic mass is 10.1. The van der Waals surface area contributed by atoms with Gasteiger partial charge in [0.25, 0.3) is 0 Å². The first-order valence-corrected chi connectivity index (χ1v) is 6.12. The van der Waals surface area contributed by atoms with E-state index in [9.17, 15) is 0 Å². The van der Waals surface area contributed by atoms with Crippen LogP contribution in [0, 0.1) is 5.92 Å². The molecule has 1 aromatic rings. The monoisotopic (exact) mass is 269 g/mol. The molecule has 2 unspecified atom stereocenters. The molecule has 0 radical (unpaired) electrons. The lowest BCUT2D eigenvalue weighted by molar-refractivity contribution is 0.602. The Morgan fingerprint density at radius 1 is 1.53 bits per heavy atom. The number of hydrogen-bond donors (Lipinski definition) is 2. The van der Waals surface area contributed by atoms with E-state index in [1.807, 2.05) is 6.07 Å². The van der Waals surface area contributed by atoms with Gasteiger partial charge in [-0.25, -0.2) is 4.98 Å². The van der Waals surface area contributed by atoms with Crippen molar-refractivity contribution in [1.29, 1.82) is 0 Å². The number of halogens is 1. The van der Waals surface area contributed by atoms with Crippen LogP contribution in [-0.4, -0.2) is 11.0 Å². The first-order chi connectivity index (χ1) is 7.15. The Hall–Kier alpha value is -0.770. The van der Waals surface area contributed by atoms with Gasteiger partial charge in [0, 0.05) is 6.04 Å². The molecule has 2 rings (SSSR count). The first kappa shape index (κ1) is 10.7. The minimum absolute atomic E-state index is 0.562. The lowest BCUT2D eigenvalue weighted by Gasteiger charge is -2.14. The first-order valence-electron chi connectivity index (χ1n) is 5.32. The zero-order valence-corrected chi connectivity index (χ0v) is 10.4. The summed E-state index contributed by atoms with van der Waals surface area (Å²) in [7, 11) is 0. The fourth-order valence-electron chi connectivity index (χ4n) is 2.09. The SMILES string of the molecule is CC1CCC(Nc2ncc(N)cc2Br)C1. The number of nitrogens with one attached hydrogen (secondary N) is 1. The maximum absolute atomic E-state index is 5.64. The van der Waals surface area contributed by atoms with E-state index < -0.39 is 0 Å². The highest BCUT2D eigenvalue weighted by molar-refractivity contribution is 9.10. The molecule has 4 heteroatoms. The molecule has 3 N–H and O–H groups in total. The van der Waals surface area contributed by atoms with Crippen molar-refractivity contribution in [3.63, 3.8) is 0 Å². The molecular formula is C11H16BrN3. The van der Waals surface area contributed by atoms with Gasteiger partial charge in [0.1, 0.15) is 5.82 Å². The van der Waals surface area contributed by atoms with Crippen molar-refractivity contribution in [1.82, 2.24) is 4.98 Å². The van der Waals surface area contributed by atoms with Crippen LogP contribution in [0.3, 0.4) is 0 Å². The minimum Gasteiger partial charge on any atom is -0.397 e. The topological polar surface area (TPSA) is 50.9 Å². The molecule has 3 nitrogen and oxygen atoms in total. The van der Waals surface area contributed by atoms with E-state index in [1.54, 1.807) is 6.20 Å². The molecule has 0 amide bonds. The molecule has 1 heterocycles. The second kappa shape index (κ2) is 4.39. The highest BCUT2D eigenvalue weighted by Gasteiger charge is 2.21. The number of hydrogen-bond acceptors (Lipinski definition) is 3. The van der Waals surface area contributed by atoms with Gasteiger partial charge < -0.3 is 11.1 Å². The lowest BCUT2D eigenvalue weighted by Crippen LogP contribution is -2.16. The third-order valence-electron chi connectivity index (χ3n) is 2.90. The molecule has 1 aliphatic carbocycles. The van der Waals surface area contributed by atoms with E-state index in [0.29, 0.717) is 11.7 Å². The second-order valence-electron chi connectivity index (χ2n) is 4.36. The largest absolute Gasteiger partial charge is 0.397 e. The number of anilines is 2.